The average molecular weight is 426 g/mol. The monoisotopic (exact) mass is 424 g/mol. The Bertz CT molecular complexity index is 649. The molecule has 1 nitrogen and oxygen atoms in total. The molecule has 0 amide bonds. The van der Waals surface area contributed by atoms with Crippen molar-refractivity contribution in [3.8, 4) is 0 Å². The summed E-state index contributed by atoms with van der Waals surface area (Å²) < 4.78 is 28.3. The molecule has 106 valence electrons. The lowest BCUT2D eigenvalue weighted by atomic mass is 10.0. The normalized spacial score (nSPS) is 12.5. The molecule has 0 bridgehead atoms. The molecule has 0 aliphatic heterocycles. The Morgan fingerprint density at radius 1 is 1.10 bits per heavy atom. The average Bonchev–Trinajstić information content (AvgIpc) is 2.42. The van der Waals surface area contributed by atoms with Crippen molar-refractivity contribution in [1.82, 2.24) is 0 Å². The Balaban J connectivity index is 2.30. The fourth-order valence-corrected chi connectivity index (χ4v) is 2.67. The van der Waals surface area contributed by atoms with Crippen LogP contribution in [-0.2, 0) is 6.42 Å². The van der Waals surface area contributed by atoms with Crippen LogP contribution in [0.5, 0.6) is 0 Å². The molecule has 2 aromatic rings. The highest BCUT2D eigenvalue weighted by Crippen LogP contribution is 2.30. The summed E-state index contributed by atoms with van der Waals surface area (Å²) in [6, 6.07) is 7.30. The van der Waals surface area contributed by atoms with E-state index in [2.05, 4.69) is 31.9 Å². The lowest BCUT2D eigenvalue weighted by molar-refractivity contribution is 0.175. The molecule has 2 rings (SSSR count). The van der Waals surface area contributed by atoms with Gasteiger partial charge in [0.1, 0.15) is 11.6 Å². The van der Waals surface area contributed by atoms with E-state index in [0.717, 1.165) is 6.07 Å². The van der Waals surface area contributed by atoms with E-state index in [4.69, 9.17) is 11.6 Å². The van der Waals surface area contributed by atoms with E-state index in [1.165, 1.54) is 6.07 Å². The molecule has 0 saturated heterocycles. The predicted octanol–water partition coefficient (Wildman–Crippen LogP) is 5.42. The van der Waals surface area contributed by atoms with Crippen molar-refractivity contribution in [3.05, 3.63) is 67.1 Å². The summed E-state index contributed by atoms with van der Waals surface area (Å²) in [6.07, 6.45) is -1.19. The molecule has 2 aromatic carbocycles. The van der Waals surface area contributed by atoms with Crippen molar-refractivity contribution < 1.29 is 13.9 Å². The van der Waals surface area contributed by atoms with Crippen LogP contribution < -0.4 is 0 Å². The minimum Gasteiger partial charge on any atom is -0.388 e. The maximum Gasteiger partial charge on any atom is 0.143 e. The minimum atomic E-state index is -1.03. The van der Waals surface area contributed by atoms with Crippen LogP contribution in [-0.4, -0.2) is 5.11 Å². The van der Waals surface area contributed by atoms with Gasteiger partial charge in [-0.25, -0.2) is 8.78 Å². The van der Waals surface area contributed by atoms with Gasteiger partial charge in [-0.15, -0.1) is 0 Å². The fourth-order valence-electron chi connectivity index (χ4n) is 1.79. The van der Waals surface area contributed by atoms with Crippen LogP contribution in [0, 0.1) is 11.6 Å². The van der Waals surface area contributed by atoms with Gasteiger partial charge in [0.2, 0.25) is 0 Å². The van der Waals surface area contributed by atoms with Crippen LogP contribution in [0.4, 0.5) is 8.78 Å². The highest BCUT2D eigenvalue weighted by molar-refractivity contribution is 9.10. The standard InChI is InChI=1S/C14H9Br2ClF2O/c15-9-2-4-12(18)8(14(9)19)6-13(20)7-1-3-11(17)10(16)5-7/h1-5,13,20H,6H2. The summed E-state index contributed by atoms with van der Waals surface area (Å²) in [5, 5.41) is 10.6. The molecule has 6 heteroatoms. The lowest BCUT2D eigenvalue weighted by Gasteiger charge is -2.14. The number of hydrogen-bond donors (Lipinski definition) is 1. The van der Waals surface area contributed by atoms with Crippen LogP contribution in [0.15, 0.2) is 39.3 Å². The minimum absolute atomic E-state index is 0.155. The van der Waals surface area contributed by atoms with Crippen LogP contribution in [0.25, 0.3) is 0 Å². The van der Waals surface area contributed by atoms with E-state index in [9.17, 15) is 13.9 Å². The number of aliphatic hydroxyl groups excluding tert-OH is 1. The van der Waals surface area contributed by atoms with Gasteiger partial charge in [0.25, 0.3) is 0 Å². The summed E-state index contributed by atoms with van der Waals surface area (Å²) in [7, 11) is 0. The van der Waals surface area contributed by atoms with Crippen molar-refractivity contribution in [2.75, 3.05) is 0 Å². The van der Waals surface area contributed by atoms with Gasteiger partial charge in [0, 0.05) is 16.5 Å². The first kappa shape index (κ1) is 15.9. The molecule has 0 radical (unpaired) electrons. The van der Waals surface area contributed by atoms with Crippen molar-refractivity contribution in [3.63, 3.8) is 0 Å². The van der Waals surface area contributed by atoms with E-state index in [0.29, 0.717) is 15.1 Å². The maximum absolute atomic E-state index is 13.9. The van der Waals surface area contributed by atoms with E-state index in [1.54, 1.807) is 18.2 Å². The van der Waals surface area contributed by atoms with Gasteiger partial charge in [-0.2, -0.15) is 0 Å². The summed E-state index contributed by atoms with van der Waals surface area (Å²) in [6.45, 7) is 0. The highest BCUT2D eigenvalue weighted by Gasteiger charge is 2.18. The van der Waals surface area contributed by atoms with E-state index >= 15 is 0 Å². The smallest absolute Gasteiger partial charge is 0.143 e. The maximum atomic E-state index is 13.9. The van der Waals surface area contributed by atoms with Gasteiger partial charge in [-0.1, -0.05) is 17.7 Å². The topological polar surface area (TPSA) is 20.2 Å². The molecule has 0 aliphatic rings. The third-order valence-electron chi connectivity index (χ3n) is 2.86. The fraction of sp³-hybridized carbons (Fsp3) is 0.143. The zero-order chi connectivity index (χ0) is 14.9. The van der Waals surface area contributed by atoms with Crippen LogP contribution in [0.2, 0.25) is 5.02 Å². The summed E-state index contributed by atoms with van der Waals surface area (Å²) in [5.74, 6) is -1.38. The number of benzene rings is 2. The molecule has 20 heavy (non-hydrogen) atoms. The zero-order valence-corrected chi connectivity index (χ0v) is 13.9. The molecule has 1 unspecified atom stereocenters. The molecule has 0 saturated carbocycles. The van der Waals surface area contributed by atoms with Gasteiger partial charge in [0.15, 0.2) is 0 Å². The number of halogens is 5. The van der Waals surface area contributed by atoms with Crippen LogP contribution >= 0.6 is 43.5 Å². The van der Waals surface area contributed by atoms with Crippen molar-refractivity contribution in [2.45, 2.75) is 12.5 Å². The second-order valence-corrected chi connectivity index (χ2v) is 6.33. The first-order valence-corrected chi connectivity index (χ1v) is 7.62. The molecular formula is C14H9Br2ClF2O. The lowest BCUT2D eigenvalue weighted by Crippen LogP contribution is -2.06. The molecule has 0 aromatic heterocycles. The molecule has 1 atom stereocenters. The predicted molar refractivity (Wildman–Crippen MR) is 81.9 cm³/mol. The van der Waals surface area contributed by atoms with E-state index < -0.39 is 17.7 Å². The summed E-state index contributed by atoms with van der Waals surface area (Å²) in [4.78, 5) is 0. The largest absolute Gasteiger partial charge is 0.388 e. The second kappa shape index (κ2) is 6.52. The Morgan fingerprint density at radius 3 is 2.45 bits per heavy atom. The van der Waals surface area contributed by atoms with E-state index in [-0.39, 0.29) is 16.5 Å². The van der Waals surface area contributed by atoms with Gasteiger partial charge >= 0.3 is 0 Å². The molecule has 1 N–H and O–H groups in total. The number of rotatable bonds is 3. The molecule has 0 spiro atoms. The quantitative estimate of drug-likeness (QED) is 0.650. The first-order valence-electron chi connectivity index (χ1n) is 5.65. The molecule has 0 aliphatic carbocycles. The SMILES string of the molecule is OC(Cc1c(F)ccc(Br)c1F)c1ccc(Cl)c(Br)c1. The van der Waals surface area contributed by atoms with Crippen molar-refractivity contribution >= 4 is 43.5 Å². The van der Waals surface area contributed by atoms with Crippen molar-refractivity contribution in [1.29, 1.82) is 0 Å². The van der Waals surface area contributed by atoms with Gasteiger partial charge in [-0.05, 0) is 61.7 Å². The number of aliphatic hydroxyl groups is 1. The molecule has 0 heterocycles. The summed E-state index contributed by atoms with van der Waals surface area (Å²) >= 11 is 12.1. The van der Waals surface area contributed by atoms with Crippen LogP contribution in [0.3, 0.4) is 0 Å². The van der Waals surface area contributed by atoms with E-state index in [1.807, 2.05) is 0 Å². The Kier molecular flexibility index (Phi) is 5.18. The van der Waals surface area contributed by atoms with Gasteiger partial charge < -0.3 is 5.11 Å². The third kappa shape index (κ3) is 3.39. The Labute approximate surface area is 136 Å². The molecular weight excluding hydrogens is 417 g/mol. The molecule has 0 fully saturated rings. The first-order chi connectivity index (χ1) is 9.40. The third-order valence-corrected chi connectivity index (χ3v) is 4.69. The highest BCUT2D eigenvalue weighted by atomic mass is 79.9. The number of hydrogen-bond acceptors (Lipinski definition) is 1. The zero-order valence-electron chi connectivity index (χ0n) is 10.0. The second-order valence-electron chi connectivity index (χ2n) is 4.22. The van der Waals surface area contributed by atoms with Gasteiger partial charge in [-0.3, -0.25) is 0 Å². The van der Waals surface area contributed by atoms with Crippen molar-refractivity contribution in [2.24, 2.45) is 0 Å². The Hall–Kier alpha value is -0.490. The van der Waals surface area contributed by atoms with Gasteiger partial charge in [0.05, 0.1) is 15.6 Å². The Morgan fingerprint density at radius 2 is 1.80 bits per heavy atom. The van der Waals surface area contributed by atoms with Crippen LogP contribution in [0.1, 0.15) is 17.2 Å². The summed E-state index contributed by atoms with van der Waals surface area (Å²) in [5.41, 5.74) is 0.373.